The summed E-state index contributed by atoms with van der Waals surface area (Å²) in [7, 11) is 1.25. The van der Waals surface area contributed by atoms with Gasteiger partial charge in [0, 0.05) is 0 Å². The van der Waals surface area contributed by atoms with E-state index in [9.17, 15) is 9.59 Å². The largest absolute Gasteiger partial charge is 0.468 e. The number of carbonyl (C=O) groups excluding carboxylic acids is 2. The minimum Gasteiger partial charge on any atom is -0.468 e. The molecule has 1 amide bonds. The predicted molar refractivity (Wildman–Crippen MR) is 45.9 cm³/mol. The standard InChI is InChI=1S/C6H12N2O3.ClH/c1-4(7)6(10)8-3-5(9)11-2;/h4H,3,7H2,1-2H3,(H,8,10);1H/t4-;/m1./s1. The van der Waals surface area contributed by atoms with Crippen molar-refractivity contribution in [3.8, 4) is 0 Å². The zero-order valence-electron chi connectivity index (χ0n) is 6.99. The lowest BCUT2D eigenvalue weighted by molar-refractivity contribution is -0.141. The van der Waals surface area contributed by atoms with Gasteiger partial charge in [0.1, 0.15) is 6.54 Å². The van der Waals surface area contributed by atoms with E-state index in [-0.39, 0.29) is 24.9 Å². The van der Waals surface area contributed by atoms with Crippen molar-refractivity contribution < 1.29 is 14.3 Å². The summed E-state index contributed by atoms with van der Waals surface area (Å²) in [5.74, 6) is -0.852. The molecule has 0 spiro atoms. The van der Waals surface area contributed by atoms with Crippen molar-refractivity contribution in [2.45, 2.75) is 13.0 Å². The average Bonchev–Trinajstić information content (AvgIpc) is 1.99. The number of carbonyl (C=O) groups is 2. The Bertz CT molecular complexity index is 161. The SMILES string of the molecule is COC(=O)CNC(=O)[C@@H](C)N.Cl. The molecule has 0 radical (unpaired) electrons. The number of nitrogens with one attached hydrogen (secondary N) is 1. The van der Waals surface area contributed by atoms with Crippen molar-refractivity contribution in [2.75, 3.05) is 13.7 Å². The van der Waals surface area contributed by atoms with Crippen LogP contribution in [0.1, 0.15) is 6.92 Å². The maximum absolute atomic E-state index is 10.7. The topological polar surface area (TPSA) is 81.4 Å². The van der Waals surface area contributed by atoms with E-state index in [2.05, 4.69) is 10.1 Å². The predicted octanol–water partition coefficient (Wildman–Crippen LogP) is -0.955. The van der Waals surface area contributed by atoms with Gasteiger partial charge in [-0.1, -0.05) is 0 Å². The van der Waals surface area contributed by atoms with Gasteiger partial charge in [0.15, 0.2) is 0 Å². The number of ether oxygens (including phenoxy) is 1. The van der Waals surface area contributed by atoms with Gasteiger partial charge in [0.25, 0.3) is 0 Å². The van der Waals surface area contributed by atoms with Gasteiger partial charge in [-0.2, -0.15) is 0 Å². The number of methoxy groups -OCH3 is 1. The molecule has 0 aliphatic carbocycles. The van der Waals surface area contributed by atoms with Crippen LogP contribution in [0.5, 0.6) is 0 Å². The van der Waals surface area contributed by atoms with Gasteiger partial charge >= 0.3 is 5.97 Å². The Kier molecular flexibility index (Phi) is 7.88. The molecule has 1 atom stereocenters. The third kappa shape index (κ3) is 5.94. The molecule has 0 aliphatic heterocycles. The molecule has 0 rings (SSSR count). The zero-order valence-corrected chi connectivity index (χ0v) is 7.81. The number of amides is 1. The first-order chi connectivity index (χ1) is 5.07. The quantitative estimate of drug-likeness (QED) is 0.570. The molecule has 3 N–H and O–H groups in total. The van der Waals surface area contributed by atoms with Crippen LogP contribution in [0.25, 0.3) is 0 Å². The second kappa shape index (κ2) is 6.87. The van der Waals surface area contributed by atoms with E-state index in [0.717, 1.165) is 0 Å². The van der Waals surface area contributed by atoms with Crippen LogP contribution in [0.4, 0.5) is 0 Å². The number of rotatable bonds is 3. The van der Waals surface area contributed by atoms with Gasteiger partial charge in [-0.05, 0) is 6.92 Å². The molecule has 12 heavy (non-hydrogen) atoms. The summed E-state index contributed by atoms with van der Waals surface area (Å²) in [6, 6.07) is -0.598. The minimum atomic E-state index is -0.598. The van der Waals surface area contributed by atoms with Crippen LogP contribution < -0.4 is 11.1 Å². The van der Waals surface area contributed by atoms with E-state index in [1.54, 1.807) is 0 Å². The smallest absolute Gasteiger partial charge is 0.325 e. The second-order valence-corrected chi connectivity index (χ2v) is 2.08. The third-order valence-corrected chi connectivity index (χ3v) is 1.05. The van der Waals surface area contributed by atoms with E-state index in [1.165, 1.54) is 14.0 Å². The zero-order chi connectivity index (χ0) is 8.85. The number of esters is 1. The van der Waals surface area contributed by atoms with E-state index in [1.807, 2.05) is 0 Å². The van der Waals surface area contributed by atoms with Gasteiger partial charge < -0.3 is 15.8 Å². The van der Waals surface area contributed by atoms with E-state index >= 15 is 0 Å². The molecule has 72 valence electrons. The van der Waals surface area contributed by atoms with Crippen molar-refractivity contribution in [2.24, 2.45) is 5.73 Å². The highest BCUT2D eigenvalue weighted by atomic mass is 35.5. The van der Waals surface area contributed by atoms with Crippen molar-refractivity contribution in [3.63, 3.8) is 0 Å². The van der Waals surface area contributed by atoms with Crippen LogP contribution in [0, 0.1) is 0 Å². The van der Waals surface area contributed by atoms with Crippen LogP contribution in [-0.2, 0) is 14.3 Å². The molecule has 0 aromatic rings. The van der Waals surface area contributed by atoms with Crippen molar-refractivity contribution in [1.29, 1.82) is 0 Å². The lowest BCUT2D eigenvalue weighted by Gasteiger charge is -2.05. The number of nitrogens with two attached hydrogens (primary N) is 1. The highest BCUT2D eigenvalue weighted by Gasteiger charge is 2.08. The summed E-state index contributed by atoms with van der Waals surface area (Å²) < 4.78 is 4.29. The summed E-state index contributed by atoms with van der Waals surface area (Å²) in [6.45, 7) is 1.41. The van der Waals surface area contributed by atoms with Crippen molar-refractivity contribution in [3.05, 3.63) is 0 Å². The molecule has 0 fully saturated rings. The Morgan fingerprint density at radius 2 is 2.08 bits per heavy atom. The van der Waals surface area contributed by atoms with E-state index in [4.69, 9.17) is 5.73 Å². The fourth-order valence-electron chi connectivity index (χ4n) is 0.392. The first-order valence-electron chi connectivity index (χ1n) is 3.18. The van der Waals surface area contributed by atoms with E-state index in [0.29, 0.717) is 0 Å². The Morgan fingerprint density at radius 1 is 1.58 bits per heavy atom. The summed E-state index contributed by atoms with van der Waals surface area (Å²) in [4.78, 5) is 21.2. The normalized spacial score (nSPS) is 10.9. The Balaban J connectivity index is 0. The first-order valence-corrected chi connectivity index (χ1v) is 3.18. The van der Waals surface area contributed by atoms with Crippen molar-refractivity contribution in [1.82, 2.24) is 5.32 Å². The lowest BCUT2D eigenvalue weighted by atomic mass is 10.3. The molecule has 0 saturated heterocycles. The average molecular weight is 197 g/mol. The van der Waals surface area contributed by atoms with Gasteiger partial charge in [-0.3, -0.25) is 9.59 Å². The van der Waals surface area contributed by atoms with Crippen molar-refractivity contribution >= 4 is 24.3 Å². The molecule has 0 unspecified atom stereocenters. The highest BCUT2D eigenvalue weighted by Crippen LogP contribution is 1.75. The molecule has 0 aliphatic rings. The van der Waals surface area contributed by atoms with Crippen LogP contribution >= 0.6 is 12.4 Å². The van der Waals surface area contributed by atoms with Crippen LogP contribution in [0.15, 0.2) is 0 Å². The Morgan fingerprint density at radius 3 is 2.42 bits per heavy atom. The summed E-state index contributed by atoms with van der Waals surface area (Å²) >= 11 is 0. The van der Waals surface area contributed by atoms with Gasteiger partial charge in [-0.25, -0.2) is 0 Å². The maximum Gasteiger partial charge on any atom is 0.325 e. The molecular weight excluding hydrogens is 184 g/mol. The fraction of sp³-hybridized carbons (Fsp3) is 0.667. The molecule has 6 heteroatoms. The lowest BCUT2D eigenvalue weighted by Crippen LogP contribution is -2.40. The minimum absolute atomic E-state index is 0. The number of hydrogen-bond acceptors (Lipinski definition) is 4. The molecule has 5 nitrogen and oxygen atoms in total. The van der Waals surface area contributed by atoms with Crippen LogP contribution in [0.3, 0.4) is 0 Å². The van der Waals surface area contributed by atoms with Gasteiger partial charge in [0.05, 0.1) is 13.2 Å². The molecule has 0 heterocycles. The van der Waals surface area contributed by atoms with E-state index < -0.39 is 12.0 Å². The number of hydrogen-bond donors (Lipinski definition) is 2. The monoisotopic (exact) mass is 196 g/mol. The highest BCUT2D eigenvalue weighted by molar-refractivity contribution is 5.85. The van der Waals surface area contributed by atoms with Gasteiger partial charge in [-0.15, -0.1) is 12.4 Å². The van der Waals surface area contributed by atoms with Crippen LogP contribution in [-0.4, -0.2) is 31.6 Å². The molecule has 0 aromatic heterocycles. The Labute approximate surface area is 77.0 Å². The maximum atomic E-state index is 10.7. The fourth-order valence-corrected chi connectivity index (χ4v) is 0.392. The Hall–Kier alpha value is -0.810. The summed E-state index contributed by atoms with van der Waals surface area (Å²) in [5.41, 5.74) is 5.20. The summed E-state index contributed by atoms with van der Waals surface area (Å²) in [5, 5.41) is 2.29. The molecule has 0 saturated carbocycles. The summed E-state index contributed by atoms with van der Waals surface area (Å²) in [6.07, 6.45) is 0. The van der Waals surface area contributed by atoms with Gasteiger partial charge in [0.2, 0.25) is 5.91 Å². The van der Waals surface area contributed by atoms with Crippen LogP contribution in [0.2, 0.25) is 0 Å². The number of halogens is 1. The third-order valence-electron chi connectivity index (χ3n) is 1.05. The molecule has 0 aromatic carbocycles. The first kappa shape index (κ1) is 13.8. The molecular formula is C6H13ClN2O3. The second-order valence-electron chi connectivity index (χ2n) is 2.08. The molecule has 0 bridgehead atoms.